The Labute approximate surface area is 134 Å². The van der Waals surface area contributed by atoms with Crippen LogP contribution >= 0.6 is 11.6 Å². The zero-order chi connectivity index (χ0) is 16.4. The van der Waals surface area contributed by atoms with Gasteiger partial charge in [-0.25, -0.2) is 4.79 Å². The van der Waals surface area contributed by atoms with E-state index >= 15 is 0 Å². The molecule has 0 saturated carbocycles. The standard InChI is InChI=1S/C14H12ClN3O5/c15-8-5-10-11(23-4-3-22-10)6-9(8)16-13(20)7-18-2-1-12(19)17-14(18)21/h1-2,5-6H,3-4,7H2,(H,16,20)(H,17,19,21). The Morgan fingerprint density at radius 3 is 2.65 bits per heavy atom. The van der Waals surface area contributed by atoms with E-state index in [1.807, 2.05) is 0 Å². The van der Waals surface area contributed by atoms with Crippen LogP contribution in [0.1, 0.15) is 0 Å². The molecule has 0 spiro atoms. The molecule has 23 heavy (non-hydrogen) atoms. The van der Waals surface area contributed by atoms with E-state index in [1.54, 1.807) is 12.1 Å². The van der Waals surface area contributed by atoms with Gasteiger partial charge in [0.2, 0.25) is 5.91 Å². The highest BCUT2D eigenvalue weighted by Crippen LogP contribution is 2.37. The second-order valence-corrected chi connectivity index (χ2v) is 5.17. The minimum atomic E-state index is -0.666. The first-order chi connectivity index (χ1) is 11.0. The number of ether oxygens (including phenoxy) is 2. The number of fused-ring (bicyclic) bond motifs is 1. The quantitative estimate of drug-likeness (QED) is 0.854. The summed E-state index contributed by atoms with van der Waals surface area (Å²) in [7, 11) is 0. The number of H-pyrrole nitrogens is 1. The number of halogens is 1. The van der Waals surface area contributed by atoms with Crippen LogP contribution in [-0.4, -0.2) is 28.7 Å². The van der Waals surface area contributed by atoms with Crippen LogP contribution in [0.2, 0.25) is 5.02 Å². The molecule has 9 heteroatoms. The van der Waals surface area contributed by atoms with E-state index in [0.717, 1.165) is 10.6 Å². The van der Waals surface area contributed by atoms with Gasteiger partial charge in [0.1, 0.15) is 19.8 Å². The first kappa shape index (κ1) is 15.2. The van der Waals surface area contributed by atoms with Crippen LogP contribution in [0.3, 0.4) is 0 Å². The average Bonchev–Trinajstić information content (AvgIpc) is 2.51. The van der Waals surface area contributed by atoms with E-state index in [1.165, 1.54) is 6.20 Å². The Kier molecular flexibility index (Phi) is 4.07. The van der Waals surface area contributed by atoms with Crippen molar-refractivity contribution in [2.24, 2.45) is 0 Å². The molecule has 0 saturated heterocycles. The molecule has 0 aliphatic carbocycles. The maximum atomic E-state index is 12.0. The summed E-state index contributed by atoms with van der Waals surface area (Å²) >= 11 is 6.09. The molecule has 0 radical (unpaired) electrons. The zero-order valence-corrected chi connectivity index (χ0v) is 12.6. The van der Waals surface area contributed by atoms with E-state index in [0.29, 0.717) is 30.4 Å². The number of aromatic nitrogens is 2. The Balaban J connectivity index is 1.77. The van der Waals surface area contributed by atoms with Gasteiger partial charge < -0.3 is 14.8 Å². The Morgan fingerprint density at radius 1 is 1.26 bits per heavy atom. The summed E-state index contributed by atoms with van der Waals surface area (Å²) in [5, 5.41) is 2.88. The second kappa shape index (κ2) is 6.17. The predicted octanol–water partition coefficient (Wildman–Crippen LogP) is 0.600. The number of amides is 1. The van der Waals surface area contributed by atoms with E-state index in [4.69, 9.17) is 21.1 Å². The molecule has 120 valence electrons. The Bertz CT molecular complexity index is 873. The number of hydrogen-bond donors (Lipinski definition) is 2. The molecule has 0 fully saturated rings. The van der Waals surface area contributed by atoms with Gasteiger partial charge in [-0.3, -0.25) is 19.1 Å². The summed E-state index contributed by atoms with van der Waals surface area (Å²) in [6, 6.07) is 4.27. The molecule has 0 unspecified atom stereocenters. The number of carbonyl (C=O) groups is 1. The molecule has 0 bridgehead atoms. The SMILES string of the molecule is O=C(Cn1ccc(=O)[nH]c1=O)Nc1cc2c(cc1Cl)OCCO2. The molecule has 2 aromatic rings. The molecule has 1 aliphatic rings. The number of anilines is 1. The highest BCUT2D eigenvalue weighted by atomic mass is 35.5. The maximum absolute atomic E-state index is 12.0. The minimum Gasteiger partial charge on any atom is -0.486 e. The largest absolute Gasteiger partial charge is 0.486 e. The molecule has 1 aromatic carbocycles. The number of rotatable bonds is 3. The average molecular weight is 338 g/mol. The van der Waals surface area contributed by atoms with Gasteiger partial charge in [-0.15, -0.1) is 0 Å². The van der Waals surface area contributed by atoms with Crippen molar-refractivity contribution < 1.29 is 14.3 Å². The lowest BCUT2D eigenvalue weighted by Gasteiger charge is -2.20. The van der Waals surface area contributed by atoms with E-state index in [-0.39, 0.29) is 11.6 Å². The molecule has 2 N–H and O–H groups in total. The van der Waals surface area contributed by atoms with Crippen LogP contribution in [-0.2, 0) is 11.3 Å². The molecule has 2 heterocycles. The number of carbonyl (C=O) groups excluding carboxylic acids is 1. The van der Waals surface area contributed by atoms with Crippen LogP contribution in [0.4, 0.5) is 5.69 Å². The third kappa shape index (κ3) is 3.37. The number of nitrogens with one attached hydrogen (secondary N) is 2. The lowest BCUT2D eigenvalue weighted by molar-refractivity contribution is -0.116. The van der Waals surface area contributed by atoms with Crippen molar-refractivity contribution in [2.45, 2.75) is 6.54 Å². The van der Waals surface area contributed by atoms with Crippen molar-refractivity contribution in [3.63, 3.8) is 0 Å². The van der Waals surface area contributed by atoms with Crippen molar-refractivity contribution in [3.05, 3.63) is 50.3 Å². The summed E-state index contributed by atoms with van der Waals surface area (Å²) in [5.41, 5.74) is -0.846. The van der Waals surface area contributed by atoms with E-state index < -0.39 is 17.2 Å². The first-order valence-corrected chi connectivity index (χ1v) is 7.09. The second-order valence-electron chi connectivity index (χ2n) is 4.76. The van der Waals surface area contributed by atoms with Crippen molar-refractivity contribution in [3.8, 4) is 11.5 Å². The maximum Gasteiger partial charge on any atom is 0.328 e. The van der Waals surface area contributed by atoms with E-state index in [2.05, 4.69) is 10.3 Å². The summed E-state index contributed by atoms with van der Waals surface area (Å²) in [6.07, 6.45) is 1.24. The van der Waals surface area contributed by atoms with Crippen LogP contribution in [0.25, 0.3) is 0 Å². The van der Waals surface area contributed by atoms with Crippen LogP contribution in [0.15, 0.2) is 34.0 Å². The van der Waals surface area contributed by atoms with Crippen LogP contribution in [0.5, 0.6) is 11.5 Å². The predicted molar refractivity (Wildman–Crippen MR) is 82.4 cm³/mol. The minimum absolute atomic E-state index is 0.264. The molecule has 1 aromatic heterocycles. The molecular weight excluding hydrogens is 326 g/mol. The molecule has 1 aliphatic heterocycles. The Morgan fingerprint density at radius 2 is 1.96 bits per heavy atom. The highest BCUT2D eigenvalue weighted by Gasteiger charge is 2.16. The van der Waals surface area contributed by atoms with Gasteiger partial charge in [0.05, 0.1) is 10.7 Å². The van der Waals surface area contributed by atoms with Gasteiger partial charge in [0, 0.05) is 24.4 Å². The van der Waals surface area contributed by atoms with Gasteiger partial charge in [-0.1, -0.05) is 11.6 Å². The molecule has 0 atom stereocenters. The zero-order valence-electron chi connectivity index (χ0n) is 11.8. The van der Waals surface area contributed by atoms with Gasteiger partial charge in [-0.2, -0.15) is 0 Å². The third-order valence-electron chi connectivity index (χ3n) is 3.12. The fourth-order valence-corrected chi connectivity index (χ4v) is 2.27. The van der Waals surface area contributed by atoms with Crippen LogP contribution < -0.4 is 26.0 Å². The topological polar surface area (TPSA) is 102 Å². The molecule has 3 rings (SSSR count). The van der Waals surface area contributed by atoms with Crippen molar-refractivity contribution in [2.75, 3.05) is 18.5 Å². The van der Waals surface area contributed by atoms with Gasteiger partial charge in [0.15, 0.2) is 11.5 Å². The fraction of sp³-hybridized carbons (Fsp3) is 0.214. The lowest BCUT2D eigenvalue weighted by Crippen LogP contribution is -2.32. The number of aromatic amines is 1. The van der Waals surface area contributed by atoms with Crippen molar-refractivity contribution in [1.82, 2.24) is 9.55 Å². The monoisotopic (exact) mass is 337 g/mol. The third-order valence-corrected chi connectivity index (χ3v) is 3.43. The summed E-state index contributed by atoms with van der Waals surface area (Å²) in [5.74, 6) is 0.519. The van der Waals surface area contributed by atoms with Crippen molar-refractivity contribution in [1.29, 1.82) is 0 Å². The highest BCUT2D eigenvalue weighted by molar-refractivity contribution is 6.34. The lowest BCUT2D eigenvalue weighted by atomic mass is 10.2. The van der Waals surface area contributed by atoms with Crippen LogP contribution in [0, 0.1) is 0 Å². The smallest absolute Gasteiger partial charge is 0.328 e. The Hall–Kier alpha value is -2.74. The summed E-state index contributed by atoms with van der Waals surface area (Å²) < 4.78 is 11.9. The normalized spacial score (nSPS) is 12.7. The number of benzene rings is 1. The molecule has 8 nitrogen and oxygen atoms in total. The van der Waals surface area contributed by atoms with Gasteiger partial charge in [0.25, 0.3) is 5.56 Å². The number of nitrogens with zero attached hydrogens (tertiary/aromatic N) is 1. The number of hydrogen-bond acceptors (Lipinski definition) is 5. The van der Waals surface area contributed by atoms with Crippen molar-refractivity contribution >= 4 is 23.2 Å². The summed E-state index contributed by atoms with van der Waals surface area (Å²) in [6.45, 7) is 0.583. The molecule has 1 amide bonds. The summed E-state index contributed by atoms with van der Waals surface area (Å²) in [4.78, 5) is 36.7. The van der Waals surface area contributed by atoms with Gasteiger partial charge in [-0.05, 0) is 0 Å². The van der Waals surface area contributed by atoms with E-state index in [9.17, 15) is 14.4 Å². The molecular formula is C14H12ClN3O5. The fourth-order valence-electron chi connectivity index (χ4n) is 2.07. The first-order valence-electron chi connectivity index (χ1n) is 6.72. The van der Waals surface area contributed by atoms with Gasteiger partial charge >= 0.3 is 5.69 Å².